The van der Waals surface area contributed by atoms with Gasteiger partial charge in [-0.15, -0.1) is 10.2 Å². The first-order valence-electron chi connectivity index (χ1n) is 3.33. The van der Waals surface area contributed by atoms with Crippen molar-refractivity contribution in [3.63, 3.8) is 0 Å². The van der Waals surface area contributed by atoms with Crippen LogP contribution < -0.4 is 22.9 Å². The van der Waals surface area contributed by atoms with Crippen LogP contribution in [0.4, 0.5) is 0 Å². The third kappa shape index (κ3) is 9.88. The summed E-state index contributed by atoms with van der Waals surface area (Å²) in [5.41, 5.74) is 20.0. The lowest BCUT2D eigenvalue weighted by Crippen LogP contribution is -2.21. The minimum absolute atomic E-state index is 0.0996. The Labute approximate surface area is 75.1 Å². The molecule has 0 aromatic rings. The van der Waals surface area contributed by atoms with Crippen molar-refractivity contribution in [1.29, 1.82) is 0 Å². The molecule has 72 valence electrons. The molecule has 0 bridgehead atoms. The maximum absolute atomic E-state index is 5.00. The SMILES string of the molecule is NC(N)=NN=CCC=NN=C(N)N. The van der Waals surface area contributed by atoms with Gasteiger partial charge in [-0.25, -0.2) is 0 Å². The topological polar surface area (TPSA) is 154 Å². The average molecular weight is 184 g/mol. The van der Waals surface area contributed by atoms with Gasteiger partial charge < -0.3 is 22.9 Å². The fourth-order valence-corrected chi connectivity index (χ4v) is 0.356. The molecule has 0 aliphatic heterocycles. The summed E-state index contributed by atoms with van der Waals surface area (Å²) in [4.78, 5) is 0. The minimum Gasteiger partial charge on any atom is -0.369 e. The van der Waals surface area contributed by atoms with Gasteiger partial charge in [0.2, 0.25) is 11.9 Å². The van der Waals surface area contributed by atoms with Gasteiger partial charge in [0.1, 0.15) is 0 Å². The Morgan fingerprint density at radius 2 is 1.23 bits per heavy atom. The van der Waals surface area contributed by atoms with Crippen LogP contribution in [-0.4, -0.2) is 24.3 Å². The van der Waals surface area contributed by atoms with Crippen molar-refractivity contribution in [1.82, 2.24) is 0 Å². The lowest BCUT2D eigenvalue weighted by molar-refractivity contribution is 1.19. The van der Waals surface area contributed by atoms with Gasteiger partial charge in [0.15, 0.2) is 0 Å². The largest absolute Gasteiger partial charge is 0.369 e. The van der Waals surface area contributed by atoms with E-state index in [1.165, 1.54) is 12.4 Å². The highest BCUT2D eigenvalue weighted by atomic mass is 15.3. The molecule has 0 aromatic heterocycles. The molecule has 8 heteroatoms. The van der Waals surface area contributed by atoms with E-state index in [4.69, 9.17) is 22.9 Å². The number of nitrogens with zero attached hydrogens (tertiary/aromatic N) is 4. The third-order valence-corrected chi connectivity index (χ3v) is 0.721. The number of nitrogens with two attached hydrogens (primary N) is 4. The van der Waals surface area contributed by atoms with Crippen molar-refractivity contribution in [2.75, 3.05) is 0 Å². The summed E-state index contributed by atoms with van der Waals surface area (Å²) >= 11 is 0. The number of hydrogen-bond acceptors (Lipinski definition) is 4. The first-order chi connectivity index (χ1) is 6.13. The molecule has 0 atom stereocenters. The molecular formula is C5H12N8. The summed E-state index contributed by atoms with van der Waals surface area (Å²) in [5.74, 6) is -0.199. The molecule has 0 saturated carbocycles. The fourth-order valence-electron chi connectivity index (χ4n) is 0.356. The summed E-state index contributed by atoms with van der Waals surface area (Å²) < 4.78 is 0. The van der Waals surface area contributed by atoms with Crippen molar-refractivity contribution in [3.8, 4) is 0 Å². The summed E-state index contributed by atoms with van der Waals surface area (Å²) in [7, 11) is 0. The maximum atomic E-state index is 5.00. The first kappa shape index (κ1) is 10.9. The number of rotatable bonds is 4. The summed E-state index contributed by atoms with van der Waals surface area (Å²) in [6.07, 6.45) is 3.34. The van der Waals surface area contributed by atoms with Crippen molar-refractivity contribution >= 4 is 24.3 Å². The lowest BCUT2D eigenvalue weighted by atomic mass is 10.5. The maximum Gasteiger partial charge on any atom is 0.211 e. The molecule has 0 radical (unpaired) electrons. The second-order valence-corrected chi connectivity index (χ2v) is 1.88. The standard InChI is InChI=1S/C5H12N8/c6-4(7)12-10-2-1-3-11-13-5(8)9/h2-3H,1H2,(H4,6,7,12)(H4,8,9,13). The molecule has 0 saturated heterocycles. The van der Waals surface area contributed by atoms with Crippen LogP contribution in [0.25, 0.3) is 0 Å². The predicted octanol–water partition coefficient (Wildman–Crippen LogP) is -2.11. The zero-order valence-corrected chi connectivity index (χ0v) is 6.96. The molecule has 0 amide bonds. The van der Waals surface area contributed by atoms with Gasteiger partial charge in [-0.3, -0.25) is 0 Å². The Kier molecular flexibility index (Phi) is 5.51. The van der Waals surface area contributed by atoms with Crippen LogP contribution in [0.5, 0.6) is 0 Å². The summed E-state index contributed by atoms with van der Waals surface area (Å²) in [6, 6.07) is 0. The number of hydrogen-bond donors (Lipinski definition) is 4. The number of guanidine groups is 2. The molecule has 13 heavy (non-hydrogen) atoms. The van der Waals surface area contributed by atoms with Crippen LogP contribution in [0.3, 0.4) is 0 Å². The normalized spacial score (nSPS) is 10.5. The van der Waals surface area contributed by atoms with Gasteiger partial charge in [-0.2, -0.15) is 10.2 Å². The highest BCUT2D eigenvalue weighted by molar-refractivity contribution is 5.81. The van der Waals surface area contributed by atoms with Crippen LogP contribution in [0.1, 0.15) is 6.42 Å². The van der Waals surface area contributed by atoms with Crippen LogP contribution in [0.2, 0.25) is 0 Å². The molecule has 0 spiro atoms. The van der Waals surface area contributed by atoms with E-state index in [0.29, 0.717) is 6.42 Å². The Morgan fingerprint density at radius 3 is 1.54 bits per heavy atom. The summed E-state index contributed by atoms with van der Waals surface area (Å²) in [5, 5.41) is 13.7. The fraction of sp³-hybridized carbons (Fsp3) is 0.200. The predicted molar refractivity (Wildman–Crippen MR) is 53.2 cm³/mol. The Bertz CT molecular complexity index is 215. The van der Waals surface area contributed by atoms with E-state index >= 15 is 0 Å². The Hall–Kier alpha value is -2.12. The van der Waals surface area contributed by atoms with Crippen molar-refractivity contribution in [2.45, 2.75) is 6.42 Å². The van der Waals surface area contributed by atoms with E-state index in [1.807, 2.05) is 0 Å². The zero-order valence-electron chi connectivity index (χ0n) is 6.96. The van der Waals surface area contributed by atoms with Gasteiger partial charge >= 0.3 is 0 Å². The molecule has 0 heterocycles. The molecule has 0 aromatic carbocycles. The quantitative estimate of drug-likeness (QED) is 0.224. The van der Waals surface area contributed by atoms with E-state index in [1.54, 1.807) is 0 Å². The highest BCUT2D eigenvalue weighted by Gasteiger charge is 1.75. The van der Waals surface area contributed by atoms with Crippen LogP contribution in [-0.2, 0) is 0 Å². The lowest BCUT2D eigenvalue weighted by Gasteiger charge is -1.83. The van der Waals surface area contributed by atoms with Crippen molar-refractivity contribution < 1.29 is 0 Å². The van der Waals surface area contributed by atoms with Crippen LogP contribution >= 0.6 is 0 Å². The van der Waals surface area contributed by atoms with E-state index < -0.39 is 0 Å². The van der Waals surface area contributed by atoms with Crippen molar-refractivity contribution in [3.05, 3.63) is 0 Å². The Morgan fingerprint density at radius 1 is 0.846 bits per heavy atom. The van der Waals surface area contributed by atoms with Gasteiger partial charge in [0.05, 0.1) is 0 Å². The first-order valence-corrected chi connectivity index (χ1v) is 3.33. The Balaban J connectivity index is 3.68. The van der Waals surface area contributed by atoms with E-state index in [2.05, 4.69) is 20.4 Å². The highest BCUT2D eigenvalue weighted by Crippen LogP contribution is 1.73. The van der Waals surface area contributed by atoms with Gasteiger partial charge in [0.25, 0.3) is 0 Å². The van der Waals surface area contributed by atoms with Gasteiger partial charge in [-0.1, -0.05) is 0 Å². The van der Waals surface area contributed by atoms with E-state index in [-0.39, 0.29) is 11.9 Å². The van der Waals surface area contributed by atoms with E-state index in [0.717, 1.165) is 0 Å². The molecule has 0 aliphatic carbocycles. The molecule has 8 N–H and O–H groups in total. The zero-order chi connectivity index (χ0) is 10.1. The smallest absolute Gasteiger partial charge is 0.211 e. The molecule has 0 unspecified atom stereocenters. The van der Waals surface area contributed by atoms with Crippen LogP contribution in [0.15, 0.2) is 20.4 Å². The van der Waals surface area contributed by atoms with Gasteiger partial charge in [-0.05, 0) is 0 Å². The average Bonchev–Trinajstić information content (AvgIpc) is 2.01. The minimum atomic E-state index is -0.0996. The molecule has 0 rings (SSSR count). The molecule has 0 fully saturated rings. The molecule has 0 aliphatic rings. The van der Waals surface area contributed by atoms with Crippen LogP contribution in [0, 0.1) is 0 Å². The second kappa shape index (κ2) is 6.58. The van der Waals surface area contributed by atoms with Gasteiger partial charge in [0, 0.05) is 18.9 Å². The van der Waals surface area contributed by atoms with Crippen molar-refractivity contribution in [2.24, 2.45) is 43.3 Å². The third-order valence-electron chi connectivity index (χ3n) is 0.721. The molecule has 8 nitrogen and oxygen atoms in total. The molecular weight excluding hydrogens is 172 g/mol. The monoisotopic (exact) mass is 184 g/mol. The summed E-state index contributed by atoms with van der Waals surface area (Å²) in [6.45, 7) is 0. The van der Waals surface area contributed by atoms with E-state index in [9.17, 15) is 0 Å². The second-order valence-electron chi connectivity index (χ2n) is 1.88.